The molecule has 3 heterocycles. The van der Waals surface area contributed by atoms with Crippen LogP contribution in [0, 0.1) is 0 Å². The van der Waals surface area contributed by atoms with Crippen molar-refractivity contribution in [3.8, 4) is 10.9 Å². The predicted molar refractivity (Wildman–Crippen MR) is 122 cm³/mol. The van der Waals surface area contributed by atoms with Gasteiger partial charge in [0.15, 0.2) is 0 Å². The molecule has 158 valence electrons. The van der Waals surface area contributed by atoms with E-state index in [9.17, 15) is 0 Å². The lowest BCUT2D eigenvalue weighted by Crippen LogP contribution is -2.49. The number of piperidine rings is 1. The predicted octanol–water partition coefficient (Wildman–Crippen LogP) is 4.43. The average Bonchev–Trinajstić information content (AvgIpc) is 3.22. The van der Waals surface area contributed by atoms with Gasteiger partial charge in [0, 0.05) is 25.7 Å². The Hall–Kier alpha value is -1.99. The Morgan fingerprint density at radius 3 is 2.50 bits per heavy atom. The molecular formula is C24H29N3O2S. The largest absolute Gasteiger partial charge is 0.431 e. The molecule has 6 heteroatoms. The molecule has 1 aromatic heterocycles. The molecule has 2 aromatic carbocycles. The SMILES string of the molecule is c1ccc2sc(Oc3ccc(CCN4CCC(N5CCOCC5)CC4)cc3)nc2c1. The zero-order chi connectivity index (χ0) is 20.2. The maximum atomic E-state index is 5.97. The van der Waals surface area contributed by atoms with Gasteiger partial charge in [0.2, 0.25) is 0 Å². The van der Waals surface area contributed by atoms with Gasteiger partial charge in [-0.3, -0.25) is 4.90 Å². The van der Waals surface area contributed by atoms with E-state index in [2.05, 4.69) is 45.1 Å². The number of para-hydroxylation sites is 1. The minimum absolute atomic E-state index is 0.701. The third-order valence-electron chi connectivity index (χ3n) is 6.24. The average molecular weight is 424 g/mol. The number of ether oxygens (including phenoxy) is 2. The molecule has 0 N–H and O–H groups in total. The minimum Gasteiger partial charge on any atom is -0.431 e. The number of nitrogens with zero attached hydrogens (tertiary/aromatic N) is 3. The molecule has 0 aliphatic carbocycles. The number of benzene rings is 2. The van der Waals surface area contributed by atoms with E-state index in [1.807, 2.05) is 18.2 Å². The molecule has 2 aliphatic heterocycles. The molecule has 0 unspecified atom stereocenters. The Kier molecular flexibility index (Phi) is 6.27. The van der Waals surface area contributed by atoms with Crippen LogP contribution < -0.4 is 4.74 Å². The van der Waals surface area contributed by atoms with Crippen LogP contribution in [-0.4, -0.2) is 66.8 Å². The quantitative estimate of drug-likeness (QED) is 0.586. The molecule has 30 heavy (non-hydrogen) atoms. The van der Waals surface area contributed by atoms with Gasteiger partial charge in [-0.05, 0) is 62.2 Å². The maximum absolute atomic E-state index is 5.97. The van der Waals surface area contributed by atoms with Crippen molar-refractivity contribution in [2.45, 2.75) is 25.3 Å². The Labute approximate surface area is 182 Å². The summed E-state index contributed by atoms with van der Waals surface area (Å²) < 4.78 is 12.6. The Bertz CT molecular complexity index is 911. The second kappa shape index (κ2) is 9.43. The molecule has 0 amide bonds. The van der Waals surface area contributed by atoms with Gasteiger partial charge >= 0.3 is 0 Å². The third-order valence-corrected chi connectivity index (χ3v) is 7.15. The molecule has 2 fully saturated rings. The van der Waals surface area contributed by atoms with Gasteiger partial charge < -0.3 is 14.4 Å². The van der Waals surface area contributed by atoms with Crippen molar-refractivity contribution in [2.24, 2.45) is 0 Å². The summed E-state index contributed by atoms with van der Waals surface area (Å²) in [5, 5.41) is 0.701. The van der Waals surface area contributed by atoms with E-state index in [0.717, 1.165) is 61.3 Å². The van der Waals surface area contributed by atoms with Gasteiger partial charge in [0.25, 0.3) is 5.19 Å². The summed E-state index contributed by atoms with van der Waals surface area (Å²) in [5.41, 5.74) is 2.36. The van der Waals surface area contributed by atoms with E-state index >= 15 is 0 Å². The Balaban J connectivity index is 1.09. The highest BCUT2D eigenvalue weighted by Crippen LogP contribution is 2.31. The van der Waals surface area contributed by atoms with Gasteiger partial charge in [-0.2, -0.15) is 0 Å². The molecule has 0 atom stereocenters. The summed E-state index contributed by atoms with van der Waals surface area (Å²) in [5.74, 6) is 0.851. The van der Waals surface area contributed by atoms with Crippen molar-refractivity contribution in [1.82, 2.24) is 14.8 Å². The number of hydrogen-bond acceptors (Lipinski definition) is 6. The van der Waals surface area contributed by atoms with Crippen LogP contribution in [0.25, 0.3) is 10.2 Å². The molecular weight excluding hydrogens is 394 g/mol. The molecule has 0 spiro atoms. The van der Waals surface area contributed by atoms with Crippen molar-refractivity contribution in [3.05, 3.63) is 54.1 Å². The van der Waals surface area contributed by atoms with E-state index in [0.29, 0.717) is 5.19 Å². The fraction of sp³-hybridized carbons (Fsp3) is 0.458. The summed E-state index contributed by atoms with van der Waals surface area (Å²) in [6, 6.07) is 17.4. The van der Waals surface area contributed by atoms with Crippen LogP contribution in [0.1, 0.15) is 18.4 Å². The zero-order valence-electron chi connectivity index (χ0n) is 17.3. The lowest BCUT2D eigenvalue weighted by Gasteiger charge is -2.40. The highest BCUT2D eigenvalue weighted by atomic mass is 32.1. The molecule has 2 saturated heterocycles. The Morgan fingerprint density at radius 1 is 0.967 bits per heavy atom. The van der Waals surface area contributed by atoms with Crippen molar-refractivity contribution >= 4 is 21.6 Å². The first-order chi connectivity index (χ1) is 14.8. The second-order valence-electron chi connectivity index (χ2n) is 8.16. The van der Waals surface area contributed by atoms with Gasteiger partial charge in [-0.15, -0.1) is 0 Å². The van der Waals surface area contributed by atoms with E-state index < -0.39 is 0 Å². The van der Waals surface area contributed by atoms with Crippen LogP contribution >= 0.6 is 11.3 Å². The molecule has 0 bridgehead atoms. The number of hydrogen-bond donors (Lipinski definition) is 0. The van der Waals surface area contributed by atoms with Crippen LogP contribution in [0.4, 0.5) is 0 Å². The van der Waals surface area contributed by atoms with E-state index in [1.165, 1.54) is 31.5 Å². The number of rotatable bonds is 6. The summed E-state index contributed by atoms with van der Waals surface area (Å²) >= 11 is 1.59. The second-order valence-corrected chi connectivity index (χ2v) is 9.16. The monoisotopic (exact) mass is 423 g/mol. The van der Waals surface area contributed by atoms with Crippen LogP contribution in [0.3, 0.4) is 0 Å². The molecule has 0 saturated carbocycles. The van der Waals surface area contributed by atoms with Crippen LogP contribution in [0.2, 0.25) is 0 Å². The van der Waals surface area contributed by atoms with Gasteiger partial charge in [0.05, 0.1) is 23.4 Å². The topological polar surface area (TPSA) is 37.8 Å². The molecule has 5 nitrogen and oxygen atoms in total. The standard InChI is InChI=1S/C24H29N3O2S/c1-2-4-23-22(3-1)25-24(30-23)29-21-7-5-19(6-8-21)9-12-26-13-10-20(11-14-26)27-15-17-28-18-16-27/h1-8,20H,9-18H2. The van der Waals surface area contributed by atoms with Crippen LogP contribution in [0.15, 0.2) is 48.5 Å². The third kappa shape index (κ3) is 4.83. The highest BCUT2D eigenvalue weighted by molar-refractivity contribution is 7.20. The van der Waals surface area contributed by atoms with Gasteiger partial charge in [-0.1, -0.05) is 35.6 Å². The highest BCUT2D eigenvalue weighted by Gasteiger charge is 2.25. The fourth-order valence-corrected chi connectivity index (χ4v) is 5.29. The smallest absolute Gasteiger partial charge is 0.279 e. The number of aromatic nitrogens is 1. The first-order valence-electron chi connectivity index (χ1n) is 11.0. The number of thiazole rings is 1. The normalized spacial score (nSPS) is 19.3. The van der Waals surface area contributed by atoms with Crippen LogP contribution in [0.5, 0.6) is 10.9 Å². The van der Waals surface area contributed by atoms with Crippen LogP contribution in [-0.2, 0) is 11.2 Å². The maximum Gasteiger partial charge on any atom is 0.279 e. The van der Waals surface area contributed by atoms with Crippen molar-refractivity contribution < 1.29 is 9.47 Å². The lowest BCUT2D eigenvalue weighted by atomic mass is 10.0. The Morgan fingerprint density at radius 2 is 1.73 bits per heavy atom. The summed E-state index contributed by atoms with van der Waals surface area (Å²) in [7, 11) is 0. The molecule has 0 radical (unpaired) electrons. The lowest BCUT2D eigenvalue weighted by molar-refractivity contribution is 0.00101. The molecule has 5 rings (SSSR count). The number of fused-ring (bicyclic) bond motifs is 1. The summed E-state index contributed by atoms with van der Waals surface area (Å²) in [6.45, 7) is 7.57. The first-order valence-corrected chi connectivity index (χ1v) is 11.8. The van der Waals surface area contributed by atoms with E-state index in [1.54, 1.807) is 11.3 Å². The number of likely N-dealkylation sites (tertiary alicyclic amines) is 1. The van der Waals surface area contributed by atoms with Gasteiger partial charge in [0.1, 0.15) is 5.75 Å². The molecule has 2 aliphatic rings. The minimum atomic E-state index is 0.701. The first kappa shape index (κ1) is 19.9. The van der Waals surface area contributed by atoms with Crippen molar-refractivity contribution in [1.29, 1.82) is 0 Å². The molecule has 3 aromatic rings. The zero-order valence-corrected chi connectivity index (χ0v) is 18.2. The van der Waals surface area contributed by atoms with Crippen molar-refractivity contribution in [2.75, 3.05) is 45.9 Å². The van der Waals surface area contributed by atoms with Gasteiger partial charge in [-0.25, -0.2) is 4.98 Å². The number of morpholine rings is 1. The summed E-state index contributed by atoms with van der Waals surface area (Å²) in [6.07, 6.45) is 3.66. The fourth-order valence-electron chi connectivity index (χ4n) is 4.46. The van der Waals surface area contributed by atoms with E-state index in [4.69, 9.17) is 9.47 Å². The van der Waals surface area contributed by atoms with Crippen molar-refractivity contribution in [3.63, 3.8) is 0 Å². The van der Waals surface area contributed by atoms with E-state index in [-0.39, 0.29) is 0 Å². The summed E-state index contributed by atoms with van der Waals surface area (Å²) in [4.78, 5) is 9.79.